The van der Waals surface area contributed by atoms with Crippen LogP contribution in [0.5, 0.6) is 0 Å². The SMILES string of the molecule is CCCSc1nnc(NC(=O)c2ccncc2)s1. The summed E-state index contributed by atoms with van der Waals surface area (Å²) in [4.78, 5) is 15.7. The average molecular weight is 280 g/mol. The normalized spacial score (nSPS) is 10.3. The Bertz CT molecular complexity index is 515. The van der Waals surface area contributed by atoms with Crippen molar-refractivity contribution in [1.82, 2.24) is 15.2 Å². The predicted octanol–water partition coefficient (Wildman–Crippen LogP) is 2.69. The number of nitrogens with one attached hydrogen (secondary N) is 1. The van der Waals surface area contributed by atoms with Crippen molar-refractivity contribution in [3.8, 4) is 0 Å². The molecule has 2 aromatic rings. The van der Waals surface area contributed by atoms with Crippen LogP contribution in [0.15, 0.2) is 28.9 Å². The van der Waals surface area contributed by atoms with Gasteiger partial charge in [-0.1, -0.05) is 30.0 Å². The molecule has 18 heavy (non-hydrogen) atoms. The van der Waals surface area contributed by atoms with E-state index in [-0.39, 0.29) is 5.91 Å². The van der Waals surface area contributed by atoms with E-state index in [4.69, 9.17) is 0 Å². The first-order valence-corrected chi connectivity index (χ1v) is 7.27. The summed E-state index contributed by atoms with van der Waals surface area (Å²) < 4.78 is 0.877. The largest absolute Gasteiger partial charge is 0.296 e. The molecular formula is C11H12N4OS2. The van der Waals surface area contributed by atoms with E-state index in [1.165, 1.54) is 11.3 Å². The number of hydrogen-bond donors (Lipinski definition) is 1. The summed E-state index contributed by atoms with van der Waals surface area (Å²) in [6.07, 6.45) is 4.25. The summed E-state index contributed by atoms with van der Waals surface area (Å²) in [5.41, 5.74) is 0.558. The van der Waals surface area contributed by atoms with E-state index < -0.39 is 0 Å². The van der Waals surface area contributed by atoms with Crippen LogP contribution in [0.3, 0.4) is 0 Å². The average Bonchev–Trinajstić information content (AvgIpc) is 2.85. The zero-order valence-electron chi connectivity index (χ0n) is 9.79. The number of aromatic nitrogens is 3. The van der Waals surface area contributed by atoms with Gasteiger partial charge in [-0.3, -0.25) is 15.1 Å². The van der Waals surface area contributed by atoms with Gasteiger partial charge in [0.25, 0.3) is 5.91 Å². The maximum Gasteiger partial charge on any atom is 0.257 e. The van der Waals surface area contributed by atoms with E-state index in [2.05, 4.69) is 27.4 Å². The Morgan fingerprint density at radius 1 is 1.39 bits per heavy atom. The first-order chi connectivity index (χ1) is 8.79. The lowest BCUT2D eigenvalue weighted by molar-refractivity contribution is 0.102. The number of carbonyl (C=O) groups excluding carboxylic acids is 1. The maximum atomic E-state index is 11.8. The van der Waals surface area contributed by atoms with Gasteiger partial charge in [0, 0.05) is 23.7 Å². The van der Waals surface area contributed by atoms with Gasteiger partial charge in [-0.15, -0.1) is 10.2 Å². The number of amides is 1. The monoisotopic (exact) mass is 280 g/mol. The Morgan fingerprint density at radius 3 is 2.89 bits per heavy atom. The van der Waals surface area contributed by atoms with Crippen molar-refractivity contribution in [2.24, 2.45) is 0 Å². The second kappa shape index (κ2) is 6.46. The van der Waals surface area contributed by atoms with E-state index in [0.29, 0.717) is 10.7 Å². The number of hydrogen-bond acceptors (Lipinski definition) is 6. The van der Waals surface area contributed by atoms with Gasteiger partial charge in [0.05, 0.1) is 0 Å². The van der Waals surface area contributed by atoms with Crippen LogP contribution >= 0.6 is 23.1 Å². The highest BCUT2D eigenvalue weighted by atomic mass is 32.2. The lowest BCUT2D eigenvalue weighted by Crippen LogP contribution is -2.11. The molecule has 0 spiro atoms. The third kappa shape index (κ3) is 3.51. The van der Waals surface area contributed by atoms with Gasteiger partial charge >= 0.3 is 0 Å². The molecule has 5 nitrogen and oxygen atoms in total. The molecule has 0 aliphatic carbocycles. The summed E-state index contributed by atoms with van der Waals surface area (Å²) in [6, 6.07) is 3.31. The van der Waals surface area contributed by atoms with Crippen LogP contribution in [0.25, 0.3) is 0 Å². The second-order valence-electron chi connectivity index (χ2n) is 3.41. The van der Waals surface area contributed by atoms with Crippen molar-refractivity contribution < 1.29 is 4.79 Å². The van der Waals surface area contributed by atoms with Gasteiger partial charge < -0.3 is 0 Å². The highest BCUT2D eigenvalue weighted by Gasteiger charge is 2.09. The number of nitrogens with zero attached hydrogens (tertiary/aromatic N) is 3. The number of pyridine rings is 1. The minimum atomic E-state index is -0.194. The van der Waals surface area contributed by atoms with Crippen LogP contribution in [0.4, 0.5) is 5.13 Å². The van der Waals surface area contributed by atoms with Gasteiger partial charge in [0.1, 0.15) is 0 Å². The van der Waals surface area contributed by atoms with Gasteiger partial charge in [-0.2, -0.15) is 0 Å². The van der Waals surface area contributed by atoms with Crippen molar-refractivity contribution in [1.29, 1.82) is 0 Å². The summed E-state index contributed by atoms with van der Waals surface area (Å²) in [5.74, 6) is 0.813. The molecule has 0 saturated carbocycles. The highest BCUT2D eigenvalue weighted by Crippen LogP contribution is 2.25. The molecule has 94 valence electrons. The molecule has 0 aromatic carbocycles. The summed E-state index contributed by atoms with van der Waals surface area (Å²) in [7, 11) is 0. The first kappa shape index (κ1) is 13.0. The zero-order valence-corrected chi connectivity index (χ0v) is 11.4. The van der Waals surface area contributed by atoms with Crippen LogP contribution in [0, 0.1) is 0 Å². The van der Waals surface area contributed by atoms with Crippen LogP contribution in [-0.4, -0.2) is 26.8 Å². The van der Waals surface area contributed by atoms with Crippen LogP contribution in [-0.2, 0) is 0 Å². The van der Waals surface area contributed by atoms with Gasteiger partial charge in [-0.25, -0.2) is 0 Å². The molecule has 1 amide bonds. The molecule has 1 N–H and O–H groups in total. The first-order valence-electron chi connectivity index (χ1n) is 5.47. The van der Waals surface area contributed by atoms with E-state index in [1.54, 1.807) is 36.3 Å². The standard InChI is InChI=1S/C11H12N4OS2/c1-2-7-17-11-15-14-10(18-11)13-9(16)8-3-5-12-6-4-8/h3-6H,2,7H2,1H3,(H,13,14,16). The summed E-state index contributed by atoms with van der Waals surface area (Å²) in [5, 5.41) is 11.2. The molecule has 0 radical (unpaired) electrons. The molecular weight excluding hydrogens is 268 g/mol. The van der Waals surface area contributed by atoms with Gasteiger partial charge in [0.15, 0.2) is 4.34 Å². The number of rotatable bonds is 5. The Balaban J connectivity index is 1.97. The van der Waals surface area contributed by atoms with Crippen molar-refractivity contribution in [2.45, 2.75) is 17.7 Å². The lowest BCUT2D eigenvalue weighted by atomic mass is 10.2. The summed E-state index contributed by atoms with van der Waals surface area (Å²) in [6.45, 7) is 2.11. The Morgan fingerprint density at radius 2 is 2.17 bits per heavy atom. The summed E-state index contributed by atoms with van der Waals surface area (Å²) >= 11 is 3.04. The van der Waals surface area contributed by atoms with Crippen LogP contribution in [0.2, 0.25) is 0 Å². The fourth-order valence-electron chi connectivity index (χ4n) is 1.18. The molecule has 7 heteroatoms. The van der Waals surface area contributed by atoms with E-state index in [0.717, 1.165) is 16.5 Å². The number of anilines is 1. The van der Waals surface area contributed by atoms with Crippen LogP contribution < -0.4 is 5.32 Å². The molecule has 2 heterocycles. The van der Waals surface area contributed by atoms with Crippen LogP contribution in [0.1, 0.15) is 23.7 Å². The lowest BCUT2D eigenvalue weighted by Gasteiger charge is -1.99. The minimum absolute atomic E-state index is 0.194. The molecule has 0 unspecified atom stereocenters. The third-order valence-electron chi connectivity index (χ3n) is 2.00. The molecule has 0 saturated heterocycles. The molecule has 0 aliphatic heterocycles. The smallest absolute Gasteiger partial charge is 0.257 e. The third-order valence-corrected chi connectivity index (χ3v) is 4.18. The van der Waals surface area contributed by atoms with Crippen molar-refractivity contribution in [3.63, 3.8) is 0 Å². The number of thioether (sulfide) groups is 1. The Kier molecular flexibility index (Phi) is 4.66. The van der Waals surface area contributed by atoms with Gasteiger partial charge in [0.2, 0.25) is 5.13 Å². The van der Waals surface area contributed by atoms with Crippen molar-refractivity contribution in [2.75, 3.05) is 11.1 Å². The second-order valence-corrected chi connectivity index (χ2v) is 5.73. The molecule has 2 aromatic heterocycles. The van der Waals surface area contributed by atoms with E-state index >= 15 is 0 Å². The van der Waals surface area contributed by atoms with Gasteiger partial charge in [-0.05, 0) is 18.6 Å². The molecule has 0 fully saturated rings. The topological polar surface area (TPSA) is 67.8 Å². The molecule has 2 rings (SSSR count). The fraction of sp³-hybridized carbons (Fsp3) is 0.273. The molecule has 0 atom stereocenters. The Hall–Kier alpha value is -1.47. The van der Waals surface area contributed by atoms with Crippen molar-refractivity contribution in [3.05, 3.63) is 30.1 Å². The predicted molar refractivity (Wildman–Crippen MR) is 73.1 cm³/mol. The zero-order chi connectivity index (χ0) is 12.8. The number of carbonyl (C=O) groups is 1. The quantitative estimate of drug-likeness (QED) is 0.673. The van der Waals surface area contributed by atoms with Crippen molar-refractivity contribution >= 4 is 34.1 Å². The fourth-order valence-corrected chi connectivity index (χ4v) is 2.85. The minimum Gasteiger partial charge on any atom is -0.296 e. The highest BCUT2D eigenvalue weighted by molar-refractivity contribution is 8.01. The maximum absolute atomic E-state index is 11.8. The molecule has 0 aliphatic rings. The molecule has 0 bridgehead atoms. The van der Waals surface area contributed by atoms with E-state index in [9.17, 15) is 4.79 Å². The Labute approximate surface area is 113 Å². The van der Waals surface area contributed by atoms with E-state index in [1.807, 2.05) is 0 Å².